The van der Waals surface area contributed by atoms with E-state index in [2.05, 4.69) is 20.6 Å². The number of rotatable bonds is 3. The highest BCUT2D eigenvalue weighted by Gasteiger charge is 2.31. The number of benzene rings is 1. The molecule has 1 saturated heterocycles. The summed E-state index contributed by atoms with van der Waals surface area (Å²) >= 11 is 6.05. The molecule has 0 spiro atoms. The third-order valence-electron chi connectivity index (χ3n) is 3.38. The Hall–Kier alpha value is -1.99. The lowest BCUT2D eigenvalue weighted by Crippen LogP contribution is -2.26. The third kappa shape index (κ3) is 2.25. The van der Waals surface area contributed by atoms with E-state index in [1.54, 1.807) is 23.1 Å². The Bertz CT molecular complexity index is 629. The molecule has 8 heteroatoms. The maximum absolute atomic E-state index is 12.1. The van der Waals surface area contributed by atoms with Gasteiger partial charge in [0, 0.05) is 23.6 Å². The standard InChI is InChI=1S/C12H13ClN6O/c13-8-1-2-9(12-15-17-18-16-12)10(4-8)19-6-7(5-14)3-11(19)20/h1-2,4,7H,3,5-6,14H2,(H,15,16,17,18). The van der Waals surface area contributed by atoms with Gasteiger partial charge in [-0.2, -0.15) is 5.21 Å². The number of nitrogens with zero attached hydrogens (tertiary/aromatic N) is 4. The number of H-pyrrole nitrogens is 1. The van der Waals surface area contributed by atoms with Crippen molar-refractivity contribution in [3.8, 4) is 11.4 Å². The van der Waals surface area contributed by atoms with Crippen LogP contribution in [0.2, 0.25) is 5.02 Å². The van der Waals surface area contributed by atoms with Crippen molar-refractivity contribution in [2.45, 2.75) is 6.42 Å². The molecule has 1 amide bonds. The molecule has 0 bridgehead atoms. The lowest BCUT2D eigenvalue weighted by atomic mass is 10.1. The number of carbonyl (C=O) groups excluding carboxylic acids is 1. The Morgan fingerprint density at radius 1 is 1.50 bits per heavy atom. The zero-order chi connectivity index (χ0) is 14.1. The summed E-state index contributed by atoms with van der Waals surface area (Å²) in [6.45, 7) is 1.07. The summed E-state index contributed by atoms with van der Waals surface area (Å²) in [6.07, 6.45) is 0.453. The van der Waals surface area contributed by atoms with Gasteiger partial charge in [0.1, 0.15) is 0 Å². The van der Waals surface area contributed by atoms with Crippen molar-refractivity contribution in [3.05, 3.63) is 23.2 Å². The number of anilines is 1. The molecule has 1 aromatic heterocycles. The molecule has 1 aliphatic rings. The van der Waals surface area contributed by atoms with Crippen LogP contribution in [0.5, 0.6) is 0 Å². The molecule has 1 aromatic carbocycles. The van der Waals surface area contributed by atoms with Crippen LogP contribution in [0.3, 0.4) is 0 Å². The molecule has 3 N–H and O–H groups in total. The molecule has 7 nitrogen and oxygen atoms in total. The average Bonchev–Trinajstić information content (AvgIpc) is 3.07. The highest BCUT2D eigenvalue weighted by molar-refractivity contribution is 6.31. The molecule has 1 fully saturated rings. The van der Waals surface area contributed by atoms with Crippen molar-refractivity contribution in [1.29, 1.82) is 0 Å². The largest absolute Gasteiger partial charge is 0.330 e. The van der Waals surface area contributed by atoms with Crippen LogP contribution in [-0.4, -0.2) is 39.6 Å². The molecule has 2 heterocycles. The van der Waals surface area contributed by atoms with Crippen LogP contribution in [0, 0.1) is 5.92 Å². The number of carbonyl (C=O) groups is 1. The second-order valence-electron chi connectivity index (χ2n) is 4.71. The predicted octanol–water partition coefficient (Wildman–Crippen LogP) is 0.832. The zero-order valence-corrected chi connectivity index (χ0v) is 11.3. The topological polar surface area (TPSA) is 101 Å². The van der Waals surface area contributed by atoms with Crippen molar-refractivity contribution < 1.29 is 4.79 Å². The molecule has 1 aliphatic heterocycles. The first kappa shape index (κ1) is 13.0. The van der Waals surface area contributed by atoms with E-state index in [0.29, 0.717) is 41.6 Å². The zero-order valence-electron chi connectivity index (χ0n) is 10.6. The van der Waals surface area contributed by atoms with Crippen molar-refractivity contribution >= 4 is 23.2 Å². The molecule has 0 radical (unpaired) electrons. The fraction of sp³-hybridized carbons (Fsp3) is 0.333. The number of tetrazole rings is 1. The van der Waals surface area contributed by atoms with Crippen molar-refractivity contribution in [2.75, 3.05) is 18.0 Å². The molecule has 2 aromatic rings. The molecular formula is C12H13ClN6O. The van der Waals surface area contributed by atoms with Gasteiger partial charge in [0.05, 0.1) is 5.69 Å². The molecule has 1 atom stereocenters. The van der Waals surface area contributed by atoms with E-state index >= 15 is 0 Å². The lowest BCUT2D eigenvalue weighted by Gasteiger charge is -2.19. The van der Waals surface area contributed by atoms with E-state index in [4.69, 9.17) is 17.3 Å². The first-order chi connectivity index (χ1) is 9.69. The average molecular weight is 293 g/mol. The number of nitrogens with two attached hydrogens (primary N) is 1. The molecular weight excluding hydrogens is 280 g/mol. The first-order valence-electron chi connectivity index (χ1n) is 6.23. The van der Waals surface area contributed by atoms with Crippen molar-refractivity contribution in [2.24, 2.45) is 11.7 Å². The summed E-state index contributed by atoms with van der Waals surface area (Å²) in [5, 5.41) is 14.4. The Morgan fingerprint density at radius 2 is 2.35 bits per heavy atom. The van der Waals surface area contributed by atoms with E-state index in [1.807, 2.05) is 0 Å². The minimum absolute atomic E-state index is 0.0347. The maximum atomic E-state index is 12.1. The summed E-state index contributed by atoms with van der Waals surface area (Å²) in [4.78, 5) is 13.8. The van der Waals surface area contributed by atoms with Gasteiger partial charge in [-0.05, 0) is 35.9 Å². The molecule has 0 saturated carbocycles. The van der Waals surface area contributed by atoms with E-state index in [1.165, 1.54) is 0 Å². The van der Waals surface area contributed by atoms with Gasteiger partial charge in [-0.15, -0.1) is 10.2 Å². The van der Waals surface area contributed by atoms with Gasteiger partial charge >= 0.3 is 0 Å². The number of nitrogens with one attached hydrogen (secondary N) is 1. The third-order valence-corrected chi connectivity index (χ3v) is 3.61. The Morgan fingerprint density at radius 3 is 3.00 bits per heavy atom. The highest BCUT2D eigenvalue weighted by Crippen LogP contribution is 2.34. The van der Waals surface area contributed by atoms with E-state index in [-0.39, 0.29) is 11.8 Å². The van der Waals surface area contributed by atoms with Crippen LogP contribution in [-0.2, 0) is 4.79 Å². The number of hydrogen-bond acceptors (Lipinski definition) is 5. The molecule has 1 unspecified atom stereocenters. The van der Waals surface area contributed by atoms with Crippen LogP contribution < -0.4 is 10.6 Å². The Labute approximate surface area is 120 Å². The molecule has 20 heavy (non-hydrogen) atoms. The van der Waals surface area contributed by atoms with Crippen molar-refractivity contribution in [3.63, 3.8) is 0 Å². The number of halogens is 1. The minimum atomic E-state index is 0.0347. The summed E-state index contributed by atoms with van der Waals surface area (Å²) in [6, 6.07) is 5.26. The van der Waals surface area contributed by atoms with E-state index in [0.717, 1.165) is 0 Å². The Kier molecular flexibility index (Phi) is 3.37. The fourth-order valence-corrected chi connectivity index (χ4v) is 2.53. The number of aromatic nitrogens is 4. The number of amides is 1. The van der Waals surface area contributed by atoms with Crippen LogP contribution in [0.4, 0.5) is 5.69 Å². The smallest absolute Gasteiger partial charge is 0.227 e. The van der Waals surface area contributed by atoms with Gasteiger partial charge in [0.15, 0.2) is 0 Å². The first-order valence-corrected chi connectivity index (χ1v) is 6.60. The van der Waals surface area contributed by atoms with Crippen LogP contribution >= 0.6 is 11.6 Å². The number of aromatic amines is 1. The van der Waals surface area contributed by atoms with Gasteiger partial charge in [-0.25, -0.2) is 0 Å². The van der Waals surface area contributed by atoms with Gasteiger partial charge < -0.3 is 10.6 Å². The maximum Gasteiger partial charge on any atom is 0.227 e. The SMILES string of the molecule is NCC1CC(=O)N(c2cc(Cl)ccc2-c2nn[nH]n2)C1. The van der Waals surface area contributed by atoms with Gasteiger partial charge in [0.25, 0.3) is 0 Å². The van der Waals surface area contributed by atoms with E-state index < -0.39 is 0 Å². The van der Waals surface area contributed by atoms with Gasteiger partial charge in [-0.1, -0.05) is 11.6 Å². The van der Waals surface area contributed by atoms with Gasteiger partial charge in [0.2, 0.25) is 11.7 Å². The monoisotopic (exact) mass is 292 g/mol. The second-order valence-corrected chi connectivity index (χ2v) is 5.14. The Balaban J connectivity index is 2.04. The van der Waals surface area contributed by atoms with Crippen LogP contribution in [0.1, 0.15) is 6.42 Å². The van der Waals surface area contributed by atoms with Gasteiger partial charge in [-0.3, -0.25) is 4.79 Å². The molecule has 104 valence electrons. The summed E-state index contributed by atoms with van der Waals surface area (Å²) in [5.74, 6) is 0.632. The van der Waals surface area contributed by atoms with Crippen molar-refractivity contribution in [1.82, 2.24) is 20.6 Å². The predicted molar refractivity (Wildman–Crippen MR) is 74.1 cm³/mol. The summed E-state index contributed by atoms with van der Waals surface area (Å²) < 4.78 is 0. The summed E-state index contributed by atoms with van der Waals surface area (Å²) in [7, 11) is 0. The molecule has 3 rings (SSSR count). The van der Waals surface area contributed by atoms with Crippen LogP contribution in [0.25, 0.3) is 11.4 Å². The van der Waals surface area contributed by atoms with E-state index in [9.17, 15) is 4.79 Å². The number of hydrogen-bond donors (Lipinski definition) is 2. The fourth-order valence-electron chi connectivity index (χ4n) is 2.37. The lowest BCUT2D eigenvalue weighted by molar-refractivity contribution is -0.117. The quantitative estimate of drug-likeness (QED) is 0.872. The minimum Gasteiger partial charge on any atom is -0.330 e. The second kappa shape index (κ2) is 5.18. The highest BCUT2D eigenvalue weighted by atomic mass is 35.5. The van der Waals surface area contributed by atoms with Crippen LogP contribution in [0.15, 0.2) is 18.2 Å². The molecule has 0 aliphatic carbocycles. The normalized spacial score (nSPS) is 18.8. The summed E-state index contributed by atoms with van der Waals surface area (Å²) in [5.41, 5.74) is 7.07.